The molecule has 108 valence electrons. The van der Waals surface area contributed by atoms with E-state index in [1.54, 1.807) is 11.5 Å². The predicted molar refractivity (Wildman–Crippen MR) is 82.1 cm³/mol. The van der Waals surface area contributed by atoms with Crippen LogP contribution in [0.25, 0.3) is 0 Å². The van der Waals surface area contributed by atoms with Gasteiger partial charge in [0.05, 0.1) is 6.10 Å². The molecule has 20 heavy (non-hydrogen) atoms. The highest BCUT2D eigenvalue weighted by Crippen LogP contribution is 2.32. The van der Waals surface area contributed by atoms with Crippen molar-refractivity contribution in [1.29, 1.82) is 0 Å². The molecule has 2 aromatic rings. The van der Waals surface area contributed by atoms with Crippen LogP contribution in [-0.4, -0.2) is 19.9 Å². The first kappa shape index (κ1) is 15.3. The normalized spacial score (nSPS) is 12.9. The van der Waals surface area contributed by atoms with Gasteiger partial charge in [-0.05, 0) is 50.2 Å². The number of aliphatic hydroxyl groups excluding tert-OH is 1. The summed E-state index contributed by atoms with van der Waals surface area (Å²) in [5, 5.41) is 16.7. The van der Waals surface area contributed by atoms with Crippen LogP contribution in [0, 0.1) is 0 Å². The summed E-state index contributed by atoms with van der Waals surface area (Å²) in [4.78, 5) is 12.6. The van der Waals surface area contributed by atoms with E-state index in [-0.39, 0.29) is 11.7 Å². The summed E-state index contributed by atoms with van der Waals surface area (Å²) < 4.78 is 2.45. The fourth-order valence-electron chi connectivity index (χ4n) is 1.83. The molecule has 2 N–H and O–H groups in total. The Balaban J connectivity index is 2.32. The van der Waals surface area contributed by atoms with Crippen molar-refractivity contribution in [2.45, 2.75) is 43.0 Å². The Hall–Kier alpha value is -1.05. The first-order valence-corrected chi connectivity index (χ1v) is 7.83. The number of rotatable bonds is 4. The number of hydrogen-bond donors (Lipinski definition) is 2. The van der Waals surface area contributed by atoms with Crippen molar-refractivity contribution in [3.05, 3.63) is 38.7 Å². The molecule has 5 nitrogen and oxygen atoms in total. The summed E-state index contributed by atoms with van der Waals surface area (Å²) in [6.07, 6.45) is -0.525. The van der Waals surface area contributed by atoms with E-state index in [0.29, 0.717) is 5.16 Å². The van der Waals surface area contributed by atoms with E-state index in [1.807, 2.05) is 32.0 Å². The Morgan fingerprint density at radius 2 is 2.10 bits per heavy atom. The van der Waals surface area contributed by atoms with Crippen LogP contribution in [0.3, 0.4) is 0 Å². The molecule has 1 atom stereocenters. The molecule has 2 rings (SSSR count). The Bertz CT molecular complexity index is 664. The Kier molecular flexibility index (Phi) is 4.72. The minimum absolute atomic E-state index is 0.0453. The molecule has 0 saturated heterocycles. The highest BCUT2D eigenvalue weighted by Gasteiger charge is 2.14. The van der Waals surface area contributed by atoms with Gasteiger partial charge in [-0.15, -0.1) is 5.10 Å². The van der Waals surface area contributed by atoms with Gasteiger partial charge in [-0.3, -0.25) is 4.57 Å². The highest BCUT2D eigenvalue weighted by molar-refractivity contribution is 9.10. The number of halogens is 1. The van der Waals surface area contributed by atoms with Gasteiger partial charge < -0.3 is 5.11 Å². The Morgan fingerprint density at radius 1 is 1.40 bits per heavy atom. The van der Waals surface area contributed by atoms with Crippen molar-refractivity contribution in [3.63, 3.8) is 0 Å². The van der Waals surface area contributed by atoms with Crippen LogP contribution in [0.5, 0.6) is 0 Å². The molecule has 1 aromatic carbocycles. The molecule has 0 aliphatic carbocycles. The topological polar surface area (TPSA) is 70.9 Å². The van der Waals surface area contributed by atoms with Crippen molar-refractivity contribution in [2.75, 3.05) is 0 Å². The van der Waals surface area contributed by atoms with Crippen molar-refractivity contribution < 1.29 is 5.11 Å². The number of nitrogens with one attached hydrogen (secondary N) is 1. The zero-order valence-electron chi connectivity index (χ0n) is 11.4. The van der Waals surface area contributed by atoms with Crippen molar-refractivity contribution in [3.8, 4) is 0 Å². The zero-order chi connectivity index (χ0) is 14.9. The summed E-state index contributed by atoms with van der Waals surface area (Å²) in [6.45, 7) is 5.60. The maximum Gasteiger partial charge on any atom is 0.344 e. The average molecular weight is 358 g/mol. The van der Waals surface area contributed by atoms with E-state index in [1.165, 1.54) is 11.8 Å². The summed E-state index contributed by atoms with van der Waals surface area (Å²) >= 11 is 4.85. The highest BCUT2D eigenvalue weighted by atomic mass is 79.9. The lowest BCUT2D eigenvalue weighted by Gasteiger charge is -2.11. The van der Waals surface area contributed by atoms with Gasteiger partial charge in [-0.2, -0.15) is 0 Å². The second kappa shape index (κ2) is 6.15. The quantitative estimate of drug-likeness (QED) is 0.881. The van der Waals surface area contributed by atoms with Crippen molar-refractivity contribution in [1.82, 2.24) is 14.8 Å². The van der Waals surface area contributed by atoms with E-state index in [0.717, 1.165) is 14.9 Å². The lowest BCUT2D eigenvalue weighted by Crippen LogP contribution is -2.19. The number of H-pyrrole nitrogens is 1. The third kappa shape index (κ3) is 3.16. The average Bonchev–Trinajstić information content (AvgIpc) is 2.70. The van der Waals surface area contributed by atoms with Crippen LogP contribution in [0.4, 0.5) is 0 Å². The molecular formula is C13H16BrN3O2S. The second-order valence-electron chi connectivity index (χ2n) is 4.74. The maximum atomic E-state index is 11.7. The lowest BCUT2D eigenvalue weighted by molar-refractivity contribution is 0.198. The number of nitrogens with zero attached hydrogens (tertiary/aromatic N) is 2. The summed E-state index contributed by atoms with van der Waals surface area (Å²) in [5.41, 5.74) is 0.625. The smallest absolute Gasteiger partial charge is 0.344 e. The standard InChI is InChI=1S/C13H16BrN3O2S/c1-7(2)17-12(19)15-16-13(17)20-9-4-5-10(8(3)18)11(14)6-9/h4-8,18H,1-3H3,(H,15,19). The van der Waals surface area contributed by atoms with Crippen LogP contribution in [-0.2, 0) is 0 Å². The predicted octanol–water partition coefficient (Wildman–Crippen LogP) is 3.12. The van der Waals surface area contributed by atoms with E-state index in [9.17, 15) is 9.90 Å². The first-order chi connectivity index (χ1) is 9.40. The van der Waals surface area contributed by atoms with Crippen LogP contribution in [0.1, 0.15) is 38.5 Å². The molecule has 1 heterocycles. The van der Waals surface area contributed by atoms with Crippen LogP contribution >= 0.6 is 27.7 Å². The molecule has 0 bridgehead atoms. The molecule has 0 aliphatic heterocycles. The first-order valence-electron chi connectivity index (χ1n) is 6.22. The molecule has 0 spiro atoms. The van der Waals surface area contributed by atoms with E-state index in [2.05, 4.69) is 26.1 Å². The molecule has 7 heteroatoms. The second-order valence-corrected chi connectivity index (χ2v) is 6.63. The molecule has 0 saturated carbocycles. The minimum atomic E-state index is -0.525. The van der Waals surface area contributed by atoms with Crippen molar-refractivity contribution >= 4 is 27.7 Å². The largest absolute Gasteiger partial charge is 0.389 e. The third-order valence-corrected chi connectivity index (χ3v) is 4.47. The molecule has 0 radical (unpaired) electrons. The van der Waals surface area contributed by atoms with Crippen molar-refractivity contribution in [2.24, 2.45) is 0 Å². The van der Waals surface area contributed by atoms with Gasteiger partial charge in [-0.25, -0.2) is 9.89 Å². The molecular weight excluding hydrogens is 342 g/mol. The SMILES string of the molecule is CC(O)c1ccc(Sc2n[nH]c(=O)n2C(C)C)cc1Br. The molecule has 1 unspecified atom stereocenters. The van der Waals surface area contributed by atoms with E-state index in [4.69, 9.17) is 0 Å². The van der Waals surface area contributed by atoms with Gasteiger partial charge in [0.2, 0.25) is 0 Å². The fraction of sp³-hybridized carbons (Fsp3) is 0.385. The lowest BCUT2D eigenvalue weighted by atomic mass is 10.1. The molecule has 0 amide bonds. The van der Waals surface area contributed by atoms with E-state index >= 15 is 0 Å². The van der Waals surface area contributed by atoms with E-state index < -0.39 is 6.10 Å². The number of aromatic amines is 1. The summed E-state index contributed by atoms with van der Waals surface area (Å²) in [6, 6.07) is 5.73. The van der Waals surface area contributed by atoms with Crippen LogP contribution < -0.4 is 5.69 Å². The number of hydrogen-bond acceptors (Lipinski definition) is 4. The molecule has 0 aliphatic rings. The summed E-state index contributed by atoms with van der Waals surface area (Å²) in [7, 11) is 0. The van der Waals surface area contributed by atoms with Crippen LogP contribution in [0.15, 0.2) is 37.5 Å². The van der Waals surface area contributed by atoms with Gasteiger partial charge in [-0.1, -0.05) is 22.0 Å². The van der Waals surface area contributed by atoms with Gasteiger partial charge >= 0.3 is 5.69 Å². The molecule has 0 fully saturated rings. The zero-order valence-corrected chi connectivity index (χ0v) is 13.8. The van der Waals surface area contributed by atoms with Gasteiger partial charge in [0.25, 0.3) is 0 Å². The third-order valence-electron chi connectivity index (χ3n) is 2.82. The molecule has 1 aromatic heterocycles. The fourth-order valence-corrected chi connectivity index (χ4v) is 3.70. The Labute approximate surface area is 129 Å². The van der Waals surface area contributed by atoms with Gasteiger partial charge in [0.15, 0.2) is 5.16 Å². The minimum Gasteiger partial charge on any atom is -0.389 e. The Morgan fingerprint density at radius 3 is 2.65 bits per heavy atom. The van der Waals surface area contributed by atoms with Gasteiger partial charge in [0.1, 0.15) is 0 Å². The van der Waals surface area contributed by atoms with Gasteiger partial charge in [0, 0.05) is 15.4 Å². The number of aromatic nitrogens is 3. The number of aliphatic hydroxyl groups is 1. The summed E-state index contributed by atoms with van der Waals surface area (Å²) in [5.74, 6) is 0. The van der Waals surface area contributed by atoms with Crippen LogP contribution in [0.2, 0.25) is 0 Å². The number of benzene rings is 1. The maximum absolute atomic E-state index is 11.7. The monoisotopic (exact) mass is 357 g/mol.